The van der Waals surface area contributed by atoms with Crippen LogP contribution in [0.4, 0.5) is 5.13 Å². The van der Waals surface area contributed by atoms with E-state index in [2.05, 4.69) is 10.3 Å². The Morgan fingerprint density at radius 3 is 2.91 bits per heavy atom. The van der Waals surface area contributed by atoms with Crippen molar-refractivity contribution in [3.8, 4) is 5.75 Å². The molecule has 5 heteroatoms. The number of nitrogens with one attached hydrogen (secondary N) is 1. The number of hydrogen-bond donors (Lipinski definition) is 1. The van der Waals surface area contributed by atoms with Crippen LogP contribution in [0.5, 0.6) is 5.75 Å². The molecule has 2 aromatic carbocycles. The van der Waals surface area contributed by atoms with Crippen molar-refractivity contribution < 1.29 is 9.53 Å². The zero-order chi connectivity index (χ0) is 16.1. The molecule has 0 aliphatic rings. The van der Waals surface area contributed by atoms with Gasteiger partial charge in [0.05, 0.1) is 16.8 Å². The topological polar surface area (TPSA) is 51.2 Å². The van der Waals surface area contributed by atoms with Crippen molar-refractivity contribution in [3.05, 3.63) is 54.1 Å². The number of amides is 1. The molecule has 0 aliphatic carbocycles. The summed E-state index contributed by atoms with van der Waals surface area (Å²) in [6, 6.07) is 15.7. The molecule has 23 heavy (non-hydrogen) atoms. The number of anilines is 1. The van der Waals surface area contributed by atoms with E-state index in [1.807, 2.05) is 55.5 Å². The van der Waals surface area contributed by atoms with Gasteiger partial charge in [0.25, 0.3) is 0 Å². The highest BCUT2D eigenvalue weighted by Gasteiger charge is 2.07. The molecule has 0 radical (unpaired) electrons. The van der Waals surface area contributed by atoms with Crippen LogP contribution in [0.3, 0.4) is 0 Å². The number of nitrogens with zero attached hydrogens (tertiary/aromatic N) is 1. The van der Waals surface area contributed by atoms with Crippen molar-refractivity contribution in [2.24, 2.45) is 0 Å². The summed E-state index contributed by atoms with van der Waals surface area (Å²) < 4.78 is 6.72. The minimum atomic E-state index is -0.0306. The SMILES string of the molecule is Cc1cccc(OCCCC(=O)Nc2nc3ccccc3s2)c1. The fourth-order valence-electron chi connectivity index (χ4n) is 2.24. The van der Waals surface area contributed by atoms with Gasteiger partial charge in [-0.05, 0) is 43.2 Å². The minimum Gasteiger partial charge on any atom is -0.494 e. The van der Waals surface area contributed by atoms with Crippen molar-refractivity contribution in [2.45, 2.75) is 19.8 Å². The predicted molar refractivity (Wildman–Crippen MR) is 94.2 cm³/mol. The first-order valence-corrected chi connectivity index (χ1v) is 8.37. The van der Waals surface area contributed by atoms with Crippen molar-refractivity contribution >= 4 is 32.6 Å². The summed E-state index contributed by atoms with van der Waals surface area (Å²) in [5.41, 5.74) is 2.08. The van der Waals surface area contributed by atoms with Crippen molar-refractivity contribution in [1.82, 2.24) is 4.98 Å². The normalized spacial score (nSPS) is 10.7. The Balaban J connectivity index is 1.44. The van der Waals surface area contributed by atoms with E-state index < -0.39 is 0 Å². The number of ether oxygens (including phenoxy) is 1. The summed E-state index contributed by atoms with van der Waals surface area (Å²) in [6.07, 6.45) is 1.09. The largest absolute Gasteiger partial charge is 0.494 e. The van der Waals surface area contributed by atoms with Gasteiger partial charge in [0, 0.05) is 6.42 Å². The van der Waals surface area contributed by atoms with E-state index in [0.29, 0.717) is 24.6 Å². The van der Waals surface area contributed by atoms with Crippen LogP contribution in [0.15, 0.2) is 48.5 Å². The smallest absolute Gasteiger partial charge is 0.226 e. The molecular formula is C18H18N2O2S. The molecule has 0 unspecified atom stereocenters. The molecule has 1 amide bonds. The Kier molecular flexibility index (Phi) is 4.88. The molecule has 0 spiro atoms. The third-order valence-corrected chi connectivity index (χ3v) is 4.30. The average molecular weight is 326 g/mol. The zero-order valence-corrected chi connectivity index (χ0v) is 13.7. The van der Waals surface area contributed by atoms with Crippen LogP contribution in [0.1, 0.15) is 18.4 Å². The lowest BCUT2D eigenvalue weighted by Crippen LogP contribution is -2.12. The van der Waals surface area contributed by atoms with E-state index in [9.17, 15) is 4.79 Å². The van der Waals surface area contributed by atoms with Crippen molar-refractivity contribution in [3.63, 3.8) is 0 Å². The zero-order valence-electron chi connectivity index (χ0n) is 12.9. The standard InChI is InChI=1S/C18H18N2O2S/c1-13-6-4-7-14(12-13)22-11-5-10-17(21)20-18-19-15-8-2-3-9-16(15)23-18/h2-4,6-9,12H,5,10-11H2,1H3,(H,19,20,21). The number of carbonyl (C=O) groups is 1. The summed E-state index contributed by atoms with van der Waals surface area (Å²) in [7, 11) is 0. The summed E-state index contributed by atoms with van der Waals surface area (Å²) in [5, 5.41) is 3.50. The maximum absolute atomic E-state index is 12.0. The fraction of sp³-hybridized carbons (Fsp3) is 0.222. The molecule has 3 rings (SSSR count). The van der Waals surface area contributed by atoms with Gasteiger partial charge in [-0.1, -0.05) is 35.6 Å². The van der Waals surface area contributed by atoms with Gasteiger partial charge in [-0.25, -0.2) is 4.98 Å². The number of rotatable bonds is 6. The van der Waals surface area contributed by atoms with E-state index in [0.717, 1.165) is 21.5 Å². The molecule has 1 heterocycles. The lowest BCUT2D eigenvalue weighted by Gasteiger charge is -2.06. The highest BCUT2D eigenvalue weighted by atomic mass is 32.1. The van der Waals surface area contributed by atoms with Crippen LogP contribution < -0.4 is 10.1 Å². The molecule has 118 valence electrons. The van der Waals surface area contributed by atoms with Gasteiger partial charge in [0.1, 0.15) is 5.75 Å². The number of fused-ring (bicyclic) bond motifs is 1. The first kappa shape index (κ1) is 15.5. The molecular weight excluding hydrogens is 308 g/mol. The molecule has 4 nitrogen and oxygen atoms in total. The Bertz CT molecular complexity index is 780. The molecule has 0 atom stereocenters. The molecule has 3 aromatic rings. The number of para-hydroxylation sites is 1. The molecule has 0 aliphatic heterocycles. The summed E-state index contributed by atoms with van der Waals surface area (Å²) >= 11 is 1.49. The van der Waals surface area contributed by atoms with Crippen LogP contribution in [0, 0.1) is 6.92 Å². The van der Waals surface area contributed by atoms with Gasteiger partial charge in [0.2, 0.25) is 5.91 Å². The Morgan fingerprint density at radius 2 is 2.09 bits per heavy atom. The maximum atomic E-state index is 12.0. The van der Waals surface area contributed by atoms with E-state index >= 15 is 0 Å². The molecule has 0 saturated carbocycles. The molecule has 0 saturated heterocycles. The Morgan fingerprint density at radius 1 is 1.22 bits per heavy atom. The number of benzene rings is 2. The van der Waals surface area contributed by atoms with Gasteiger partial charge in [-0.3, -0.25) is 4.79 Å². The van der Waals surface area contributed by atoms with Crippen LogP contribution >= 0.6 is 11.3 Å². The van der Waals surface area contributed by atoms with Crippen LogP contribution in [-0.2, 0) is 4.79 Å². The van der Waals surface area contributed by atoms with Gasteiger partial charge < -0.3 is 10.1 Å². The first-order chi connectivity index (χ1) is 11.2. The highest BCUT2D eigenvalue weighted by molar-refractivity contribution is 7.22. The van der Waals surface area contributed by atoms with E-state index in [4.69, 9.17) is 4.74 Å². The van der Waals surface area contributed by atoms with E-state index in [1.165, 1.54) is 11.3 Å². The summed E-state index contributed by atoms with van der Waals surface area (Å²) in [6.45, 7) is 2.55. The monoisotopic (exact) mass is 326 g/mol. The summed E-state index contributed by atoms with van der Waals surface area (Å²) in [5.74, 6) is 0.813. The fourth-order valence-corrected chi connectivity index (χ4v) is 3.12. The van der Waals surface area contributed by atoms with Crippen LogP contribution in [-0.4, -0.2) is 17.5 Å². The lowest BCUT2D eigenvalue weighted by atomic mass is 10.2. The summed E-state index contributed by atoms with van der Waals surface area (Å²) in [4.78, 5) is 16.3. The van der Waals surface area contributed by atoms with E-state index in [1.54, 1.807) is 0 Å². The molecule has 1 aromatic heterocycles. The van der Waals surface area contributed by atoms with Crippen LogP contribution in [0.25, 0.3) is 10.2 Å². The second-order valence-electron chi connectivity index (χ2n) is 5.30. The Labute approximate surface area is 139 Å². The van der Waals surface area contributed by atoms with Crippen LogP contribution in [0.2, 0.25) is 0 Å². The lowest BCUT2D eigenvalue weighted by molar-refractivity contribution is -0.116. The minimum absolute atomic E-state index is 0.0306. The number of hydrogen-bond acceptors (Lipinski definition) is 4. The van der Waals surface area contributed by atoms with Gasteiger partial charge in [0.15, 0.2) is 5.13 Å². The first-order valence-electron chi connectivity index (χ1n) is 7.55. The third-order valence-electron chi connectivity index (χ3n) is 3.35. The molecule has 0 bridgehead atoms. The Hall–Kier alpha value is -2.40. The number of aromatic nitrogens is 1. The molecule has 1 N–H and O–H groups in total. The van der Waals surface area contributed by atoms with Crippen molar-refractivity contribution in [2.75, 3.05) is 11.9 Å². The number of thiazole rings is 1. The van der Waals surface area contributed by atoms with Gasteiger partial charge in [-0.2, -0.15) is 0 Å². The highest BCUT2D eigenvalue weighted by Crippen LogP contribution is 2.25. The predicted octanol–water partition coefficient (Wildman–Crippen LogP) is 4.40. The van der Waals surface area contributed by atoms with Crippen molar-refractivity contribution in [1.29, 1.82) is 0 Å². The van der Waals surface area contributed by atoms with Gasteiger partial charge >= 0.3 is 0 Å². The average Bonchev–Trinajstić information content (AvgIpc) is 2.94. The second kappa shape index (κ2) is 7.24. The number of aryl methyl sites for hydroxylation is 1. The second-order valence-corrected chi connectivity index (χ2v) is 6.33. The molecule has 0 fully saturated rings. The number of carbonyl (C=O) groups excluding carboxylic acids is 1. The van der Waals surface area contributed by atoms with E-state index in [-0.39, 0.29) is 5.91 Å². The quantitative estimate of drug-likeness (QED) is 0.683. The third kappa shape index (κ3) is 4.29. The van der Waals surface area contributed by atoms with Gasteiger partial charge in [-0.15, -0.1) is 0 Å². The maximum Gasteiger partial charge on any atom is 0.226 e.